The molecular formula is C15H18BrNO4. The van der Waals surface area contributed by atoms with Crippen LogP contribution in [0.15, 0.2) is 22.7 Å². The van der Waals surface area contributed by atoms with E-state index in [2.05, 4.69) is 21.2 Å². The van der Waals surface area contributed by atoms with Gasteiger partial charge in [-0.25, -0.2) is 0 Å². The lowest BCUT2D eigenvalue weighted by atomic mass is 9.82. The molecule has 0 aliphatic heterocycles. The Morgan fingerprint density at radius 1 is 1.24 bits per heavy atom. The van der Waals surface area contributed by atoms with Crippen LogP contribution in [0.4, 0.5) is 0 Å². The number of carbonyl (C=O) groups excluding carboxylic acids is 1. The molecular weight excluding hydrogens is 338 g/mol. The van der Waals surface area contributed by atoms with Gasteiger partial charge in [0.2, 0.25) is 0 Å². The zero-order valence-corrected chi connectivity index (χ0v) is 13.1. The van der Waals surface area contributed by atoms with Gasteiger partial charge in [0.15, 0.2) is 0 Å². The summed E-state index contributed by atoms with van der Waals surface area (Å²) < 4.78 is 0.729. The third-order valence-corrected chi connectivity index (χ3v) is 4.44. The SMILES string of the molecule is O=C(NCC1CCC(C(=O)O)CC1)c1cc(Br)ccc1O. The van der Waals surface area contributed by atoms with Gasteiger partial charge in [0, 0.05) is 11.0 Å². The Morgan fingerprint density at radius 2 is 1.90 bits per heavy atom. The van der Waals surface area contributed by atoms with Gasteiger partial charge in [-0.1, -0.05) is 15.9 Å². The highest BCUT2D eigenvalue weighted by Crippen LogP contribution is 2.28. The Kier molecular flexibility index (Phi) is 5.22. The number of hydrogen-bond acceptors (Lipinski definition) is 3. The number of carboxylic acid groups (broad SMARTS) is 1. The van der Waals surface area contributed by atoms with Crippen LogP contribution in [-0.2, 0) is 4.79 Å². The molecule has 0 atom stereocenters. The molecule has 1 amide bonds. The highest BCUT2D eigenvalue weighted by atomic mass is 79.9. The van der Waals surface area contributed by atoms with Gasteiger partial charge in [0.1, 0.15) is 5.75 Å². The molecule has 0 aromatic heterocycles. The minimum atomic E-state index is -0.725. The van der Waals surface area contributed by atoms with E-state index in [1.54, 1.807) is 12.1 Å². The molecule has 1 aromatic rings. The molecule has 1 aromatic carbocycles. The van der Waals surface area contributed by atoms with Crippen molar-refractivity contribution in [3.63, 3.8) is 0 Å². The Labute approximate surface area is 131 Å². The van der Waals surface area contributed by atoms with Gasteiger partial charge >= 0.3 is 5.97 Å². The Bertz CT molecular complexity index is 538. The Morgan fingerprint density at radius 3 is 2.52 bits per heavy atom. The highest BCUT2D eigenvalue weighted by Gasteiger charge is 2.26. The van der Waals surface area contributed by atoms with Crippen molar-refractivity contribution in [1.29, 1.82) is 0 Å². The summed E-state index contributed by atoms with van der Waals surface area (Å²) in [6.45, 7) is 0.511. The molecule has 0 saturated heterocycles. The fraction of sp³-hybridized carbons (Fsp3) is 0.467. The molecule has 0 unspecified atom stereocenters. The summed E-state index contributed by atoms with van der Waals surface area (Å²) >= 11 is 3.27. The van der Waals surface area contributed by atoms with E-state index in [1.807, 2.05) is 0 Å². The smallest absolute Gasteiger partial charge is 0.306 e. The maximum absolute atomic E-state index is 12.0. The predicted molar refractivity (Wildman–Crippen MR) is 81.2 cm³/mol. The van der Waals surface area contributed by atoms with Crippen LogP contribution >= 0.6 is 15.9 Å². The van der Waals surface area contributed by atoms with E-state index >= 15 is 0 Å². The first-order valence-corrected chi connectivity index (χ1v) is 7.76. The Balaban J connectivity index is 1.85. The monoisotopic (exact) mass is 355 g/mol. The zero-order chi connectivity index (χ0) is 15.4. The first-order chi connectivity index (χ1) is 9.97. The summed E-state index contributed by atoms with van der Waals surface area (Å²) in [5.74, 6) is -1.03. The van der Waals surface area contributed by atoms with Gasteiger partial charge in [0.05, 0.1) is 11.5 Å². The number of phenolic OH excluding ortho intramolecular Hbond substituents is 1. The largest absolute Gasteiger partial charge is 0.507 e. The van der Waals surface area contributed by atoms with Crippen molar-refractivity contribution in [3.05, 3.63) is 28.2 Å². The summed E-state index contributed by atoms with van der Waals surface area (Å²) in [5.41, 5.74) is 0.239. The molecule has 0 bridgehead atoms. The van der Waals surface area contributed by atoms with Crippen molar-refractivity contribution < 1.29 is 19.8 Å². The molecule has 1 aliphatic rings. The number of halogens is 1. The second-order valence-corrected chi connectivity index (χ2v) is 6.34. The summed E-state index contributed by atoms with van der Waals surface area (Å²) in [6, 6.07) is 4.71. The molecule has 114 valence electrons. The second-order valence-electron chi connectivity index (χ2n) is 5.43. The van der Waals surface area contributed by atoms with Crippen LogP contribution < -0.4 is 5.32 Å². The maximum atomic E-state index is 12.0. The summed E-state index contributed by atoms with van der Waals surface area (Å²) in [4.78, 5) is 22.9. The molecule has 6 heteroatoms. The third-order valence-electron chi connectivity index (χ3n) is 3.95. The summed E-state index contributed by atoms with van der Waals surface area (Å²) in [6.07, 6.45) is 2.94. The number of carboxylic acids is 1. The maximum Gasteiger partial charge on any atom is 0.306 e. The van der Waals surface area contributed by atoms with E-state index in [4.69, 9.17) is 5.11 Å². The lowest BCUT2D eigenvalue weighted by Gasteiger charge is -2.26. The molecule has 0 spiro atoms. The lowest BCUT2D eigenvalue weighted by Crippen LogP contribution is -2.32. The van der Waals surface area contributed by atoms with Crippen molar-refractivity contribution in [2.45, 2.75) is 25.7 Å². The van der Waals surface area contributed by atoms with Gasteiger partial charge in [-0.2, -0.15) is 0 Å². The number of aromatic hydroxyl groups is 1. The number of amides is 1. The highest BCUT2D eigenvalue weighted by molar-refractivity contribution is 9.10. The molecule has 0 radical (unpaired) electrons. The van der Waals surface area contributed by atoms with Gasteiger partial charge in [-0.15, -0.1) is 0 Å². The van der Waals surface area contributed by atoms with Gasteiger partial charge in [0.25, 0.3) is 5.91 Å². The number of benzene rings is 1. The predicted octanol–water partition coefficient (Wildman–Crippen LogP) is 2.78. The number of carbonyl (C=O) groups is 2. The molecule has 1 aliphatic carbocycles. The van der Waals surface area contributed by atoms with Crippen LogP contribution in [0, 0.1) is 11.8 Å². The summed E-state index contributed by atoms with van der Waals surface area (Å²) in [7, 11) is 0. The number of nitrogens with one attached hydrogen (secondary N) is 1. The number of aliphatic carboxylic acids is 1. The third kappa shape index (κ3) is 4.20. The van der Waals surface area contributed by atoms with Crippen molar-refractivity contribution in [2.24, 2.45) is 11.8 Å². The van der Waals surface area contributed by atoms with Crippen molar-refractivity contribution in [3.8, 4) is 5.75 Å². The number of hydrogen-bond donors (Lipinski definition) is 3. The van der Waals surface area contributed by atoms with E-state index in [9.17, 15) is 14.7 Å². The van der Waals surface area contributed by atoms with E-state index in [1.165, 1.54) is 6.07 Å². The zero-order valence-electron chi connectivity index (χ0n) is 11.5. The topological polar surface area (TPSA) is 86.6 Å². The van der Waals surface area contributed by atoms with Crippen molar-refractivity contribution in [2.75, 3.05) is 6.54 Å². The van der Waals surface area contributed by atoms with Gasteiger partial charge in [-0.3, -0.25) is 9.59 Å². The van der Waals surface area contributed by atoms with Crippen LogP contribution in [0.1, 0.15) is 36.0 Å². The lowest BCUT2D eigenvalue weighted by molar-refractivity contribution is -0.143. The first-order valence-electron chi connectivity index (χ1n) is 6.97. The minimum absolute atomic E-state index is 0.0507. The average Bonchev–Trinajstić information content (AvgIpc) is 2.47. The molecule has 1 saturated carbocycles. The van der Waals surface area contributed by atoms with Crippen molar-refractivity contribution in [1.82, 2.24) is 5.32 Å². The van der Waals surface area contributed by atoms with Crippen molar-refractivity contribution >= 4 is 27.8 Å². The average molecular weight is 356 g/mol. The van der Waals surface area contributed by atoms with Gasteiger partial charge in [-0.05, 0) is 49.8 Å². The fourth-order valence-corrected chi connectivity index (χ4v) is 3.00. The first kappa shape index (κ1) is 15.8. The van der Waals surface area contributed by atoms with Crippen LogP contribution in [0.25, 0.3) is 0 Å². The quantitative estimate of drug-likeness (QED) is 0.774. The normalized spacial score (nSPS) is 21.8. The summed E-state index contributed by atoms with van der Waals surface area (Å²) in [5, 5.41) is 21.5. The molecule has 1 fully saturated rings. The van der Waals surface area contributed by atoms with Crippen LogP contribution in [0.3, 0.4) is 0 Å². The Hall–Kier alpha value is -1.56. The van der Waals surface area contributed by atoms with Crippen LogP contribution in [-0.4, -0.2) is 28.6 Å². The standard InChI is InChI=1S/C15H18BrNO4/c16-11-5-6-13(18)12(7-11)14(19)17-8-9-1-3-10(4-2-9)15(20)21/h5-7,9-10,18H,1-4,8H2,(H,17,19)(H,20,21). The van der Waals surface area contributed by atoms with Gasteiger partial charge < -0.3 is 15.5 Å². The van der Waals surface area contributed by atoms with E-state index in [-0.39, 0.29) is 23.1 Å². The molecule has 2 rings (SSSR count). The molecule has 3 N–H and O–H groups in total. The van der Waals surface area contributed by atoms with E-state index in [0.29, 0.717) is 25.3 Å². The van der Waals surface area contributed by atoms with Crippen LogP contribution in [0.5, 0.6) is 5.75 Å². The number of phenols is 1. The molecule has 0 heterocycles. The minimum Gasteiger partial charge on any atom is -0.507 e. The van der Waals surface area contributed by atoms with E-state index < -0.39 is 5.97 Å². The number of rotatable bonds is 4. The second kappa shape index (κ2) is 6.93. The van der Waals surface area contributed by atoms with Crippen LogP contribution in [0.2, 0.25) is 0 Å². The van der Waals surface area contributed by atoms with E-state index in [0.717, 1.165) is 17.3 Å². The molecule has 5 nitrogen and oxygen atoms in total. The fourth-order valence-electron chi connectivity index (χ4n) is 2.64. The molecule has 21 heavy (non-hydrogen) atoms.